The van der Waals surface area contributed by atoms with Gasteiger partial charge in [0, 0.05) is 24.5 Å². The summed E-state index contributed by atoms with van der Waals surface area (Å²) in [4.78, 5) is 14.5. The van der Waals surface area contributed by atoms with Crippen molar-refractivity contribution >= 4 is 17.5 Å². The Balaban J connectivity index is 1.40. The molecular formula is C26H36ClNO2. The number of carbonyl (C=O) groups is 1. The molecule has 3 aliphatic carbocycles. The van der Waals surface area contributed by atoms with Crippen LogP contribution in [0.25, 0.3) is 0 Å². The molecule has 5 rings (SSSR count). The van der Waals surface area contributed by atoms with E-state index in [0.29, 0.717) is 23.3 Å². The highest BCUT2D eigenvalue weighted by Gasteiger charge is 2.62. The second-order valence-corrected chi connectivity index (χ2v) is 11.8. The summed E-state index contributed by atoms with van der Waals surface area (Å²) < 4.78 is 6.45. The fourth-order valence-corrected chi connectivity index (χ4v) is 8.46. The highest BCUT2D eigenvalue weighted by Crippen LogP contribution is 2.66. The predicted molar refractivity (Wildman–Crippen MR) is 121 cm³/mol. The first-order chi connectivity index (χ1) is 14.2. The minimum Gasteiger partial charge on any atom is -0.490 e. The molecule has 1 heterocycles. The van der Waals surface area contributed by atoms with Crippen molar-refractivity contribution in [3.8, 4) is 5.75 Å². The van der Waals surface area contributed by atoms with E-state index in [4.69, 9.17) is 16.3 Å². The van der Waals surface area contributed by atoms with Crippen LogP contribution in [0.2, 0.25) is 5.02 Å². The molecule has 0 bridgehead atoms. The minimum atomic E-state index is 0.271. The van der Waals surface area contributed by atoms with E-state index in [-0.39, 0.29) is 11.5 Å². The van der Waals surface area contributed by atoms with Gasteiger partial charge >= 0.3 is 0 Å². The molecule has 0 radical (unpaired) electrons. The molecule has 164 valence electrons. The van der Waals surface area contributed by atoms with Gasteiger partial charge in [0.1, 0.15) is 5.75 Å². The Morgan fingerprint density at radius 1 is 1.17 bits per heavy atom. The molecule has 1 saturated heterocycles. The number of fused-ring (bicyclic) bond motifs is 5. The number of benzene rings is 1. The van der Waals surface area contributed by atoms with Crippen molar-refractivity contribution in [3.05, 3.63) is 29.3 Å². The van der Waals surface area contributed by atoms with Gasteiger partial charge in [-0.3, -0.25) is 4.79 Å². The highest BCUT2D eigenvalue weighted by molar-refractivity contribution is 6.30. The number of piperidine rings is 1. The van der Waals surface area contributed by atoms with Gasteiger partial charge in [0.05, 0.1) is 6.10 Å². The lowest BCUT2D eigenvalue weighted by atomic mass is 9.45. The Kier molecular flexibility index (Phi) is 4.93. The van der Waals surface area contributed by atoms with Crippen molar-refractivity contribution in [1.82, 2.24) is 4.90 Å². The second kappa shape index (κ2) is 7.15. The van der Waals surface area contributed by atoms with E-state index in [1.54, 1.807) is 0 Å². The number of carbonyl (C=O) groups excluding carboxylic acids is 1. The molecular weight excluding hydrogens is 394 g/mol. The topological polar surface area (TPSA) is 29.5 Å². The molecule has 3 nitrogen and oxygen atoms in total. The van der Waals surface area contributed by atoms with E-state index in [1.165, 1.54) is 12.8 Å². The number of hydrogen-bond acceptors (Lipinski definition) is 2. The molecule has 4 fully saturated rings. The molecule has 0 N–H and O–H groups in total. The number of nitrogens with zero attached hydrogens (tertiary/aromatic N) is 1. The molecule has 1 aromatic carbocycles. The summed E-state index contributed by atoms with van der Waals surface area (Å²) in [5.74, 6) is 4.11. The lowest BCUT2D eigenvalue weighted by Crippen LogP contribution is -2.62. The number of halogens is 1. The smallest absolute Gasteiger partial charge is 0.222 e. The van der Waals surface area contributed by atoms with Crippen LogP contribution in [-0.4, -0.2) is 30.0 Å². The van der Waals surface area contributed by atoms with Crippen LogP contribution >= 0.6 is 11.6 Å². The van der Waals surface area contributed by atoms with Crippen molar-refractivity contribution in [2.45, 2.75) is 77.9 Å². The van der Waals surface area contributed by atoms with Crippen LogP contribution in [-0.2, 0) is 4.79 Å². The van der Waals surface area contributed by atoms with Crippen molar-refractivity contribution in [2.75, 3.05) is 7.05 Å². The maximum Gasteiger partial charge on any atom is 0.222 e. The van der Waals surface area contributed by atoms with E-state index in [0.717, 1.165) is 60.6 Å². The zero-order valence-corrected chi connectivity index (χ0v) is 19.6. The Labute approximate surface area is 186 Å². The molecule has 3 saturated carbocycles. The number of likely N-dealkylation sites (tertiary alicyclic amines) is 1. The predicted octanol–water partition coefficient (Wildman–Crippen LogP) is 6.20. The first-order valence-electron chi connectivity index (χ1n) is 11.9. The lowest BCUT2D eigenvalue weighted by molar-refractivity contribution is -0.164. The molecule has 30 heavy (non-hydrogen) atoms. The van der Waals surface area contributed by atoms with E-state index >= 15 is 0 Å². The molecule has 8 atom stereocenters. The third kappa shape index (κ3) is 3.10. The van der Waals surface area contributed by atoms with Crippen LogP contribution in [0.3, 0.4) is 0 Å². The van der Waals surface area contributed by atoms with Crippen molar-refractivity contribution < 1.29 is 9.53 Å². The minimum absolute atomic E-state index is 0.271. The maximum absolute atomic E-state index is 12.4. The standard InChI is InChI=1S/C26H36ClNO2/c1-16-12-22-26(3,11-9-23(29)28(22)4)20-8-10-25(2)15-19(14-21(25)24(16)20)30-18-7-5-6-17(27)13-18/h5-7,13,16,19-22,24H,8-12,14-15H2,1-4H3/t16-,19-,20-,21-,22+,24?,25+,26+/m0/s1. The monoisotopic (exact) mass is 429 g/mol. The van der Waals surface area contributed by atoms with Gasteiger partial charge in [0.2, 0.25) is 5.91 Å². The van der Waals surface area contributed by atoms with Crippen molar-refractivity contribution in [1.29, 1.82) is 0 Å². The van der Waals surface area contributed by atoms with Crippen LogP contribution in [0.4, 0.5) is 0 Å². The van der Waals surface area contributed by atoms with Crippen LogP contribution in [0.5, 0.6) is 5.75 Å². The first-order valence-corrected chi connectivity index (χ1v) is 12.3. The normalized spacial score (nSPS) is 45.5. The molecule has 4 heteroatoms. The van der Waals surface area contributed by atoms with Crippen LogP contribution in [0.15, 0.2) is 24.3 Å². The number of rotatable bonds is 2. The van der Waals surface area contributed by atoms with Gasteiger partial charge in [-0.2, -0.15) is 0 Å². The van der Waals surface area contributed by atoms with Crippen LogP contribution < -0.4 is 4.74 Å². The van der Waals surface area contributed by atoms with Gasteiger partial charge in [-0.15, -0.1) is 0 Å². The number of ether oxygens (including phenoxy) is 1. The third-order valence-electron chi connectivity index (χ3n) is 9.76. The van der Waals surface area contributed by atoms with E-state index < -0.39 is 0 Å². The number of amides is 1. The van der Waals surface area contributed by atoms with Crippen molar-refractivity contribution in [2.24, 2.45) is 34.5 Å². The molecule has 0 spiro atoms. The summed E-state index contributed by atoms with van der Waals surface area (Å²) >= 11 is 6.18. The molecule has 0 aromatic heterocycles. The fraction of sp³-hybridized carbons (Fsp3) is 0.731. The second-order valence-electron chi connectivity index (χ2n) is 11.4. The summed E-state index contributed by atoms with van der Waals surface area (Å²) in [5, 5.41) is 0.741. The molecule has 1 amide bonds. The Bertz CT molecular complexity index is 842. The molecule has 1 aliphatic heterocycles. The van der Waals surface area contributed by atoms with Gasteiger partial charge in [0.25, 0.3) is 0 Å². The van der Waals surface area contributed by atoms with Crippen molar-refractivity contribution in [3.63, 3.8) is 0 Å². The first kappa shape index (κ1) is 20.7. The molecule has 1 aromatic rings. The van der Waals surface area contributed by atoms with E-state index in [2.05, 4.69) is 32.7 Å². The summed E-state index contributed by atoms with van der Waals surface area (Å²) in [6, 6.07) is 8.27. The molecule has 4 aliphatic rings. The Morgan fingerprint density at radius 3 is 2.73 bits per heavy atom. The zero-order chi connectivity index (χ0) is 21.3. The van der Waals surface area contributed by atoms with Gasteiger partial charge < -0.3 is 9.64 Å². The maximum atomic E-state index is 12.4. The van der Waals surface area contributed by atoms with Gasteiger partial charge in [0.15, 0.2) is 0 Å². The van der Waals surface area contributed by atoms with Gasteiger partial charge in [-0.1, -0.05) is 38.4 Å². The van der Waals surface area contributed by atoms with E-state index in [1.807, 2.05) is 24.3 Å². The Morgan fingerprint density at radius 2 is 1.97 bits per heavy atom. The average Bonchev–Trinajstić information content (AvgIpc) is 3.02. The fourth-order valence-electron chi connectivity index (χ4n) is 8.28. The summed E-state index contributed by atoms with van der Waals surface area (Å²) in [7, 11) is 2.05. The SMILES string of the molecule is C[C@H]1C[C@H]2N(C)C(=O)CC[C@]2(C)[C@H]2CC[C@]3(C)C[C@@H](Oc4cccc(Cl)c4)C[C@H]3C12. The zero-order valence-electron chi connectivity index (χ0n) is 18.9. The summed E-state index contributed by atoms with van der Waals surface area (Å²) in [6.45, 7) is 7.48. The number of hydrogen-bond donors (Lipinski definition) is 0. The average molecular weight is 430 g/mol. The quantitative estimate of drug-likeness (QED) is 0.560. The molecule has 1 unspecified atom stereocenters. The summed E-state index contributed by atoms with van der Waals surface area (Å²) in [6.07, 6.45) is 8.15. The van der Waals surface area contributed by atoms with Gasteiger partial charge in [-0.25, -0.2) is 0 Å². The highest BCUT2D eigenvalue weighted by atomic mass is 35.5. The lowest BCUT2D eigenvalue weighted by Gasteiger charge is -2.63. The third-order valence-corrected chi connectivity index (χ3v) is 9.99. The van der Waals surface area contributed by atoms with E-state index in [9.17, 15) is 4.79 Å². The van der Waals surface area contributed by atoms with Gasteiger partial charge in [-0.05, 0) is 91.2 Å². The van der Waals surface area contributed by atoms with Crippen LogP contribution in [0.1, 0.15) is 65.7 Å². The Hall–Kier alpha value is -1.22. The summed E-state index contributed by atoms with van der Waals surface area (Å²) in [5.41, 5.74) is 0.644. The van der Waals surface area contributed by atoms with Crippen LogP contribution in [0, 0.1) is 34.5 Å². The largest absolute Gasteiger partial charge is 0.490 e.